The molecule has 2 aromatic rings. The van der Waals surface area contributed by atoms with E-state index in [-0.39, 0.29) is 0 Å². The number of benzene rings is 1. The minimum atomic E-state index is 0.642. The Labute approximate surface area is 189 Å². The predicted molar refractivity (Wildman–Crippen MR) is 129 cm³/mol. The molecule has 3 heterocycles. The Morgan fingerprint density at radius 2 is 1.61 bits per heavy atom. The summed E-state index contributed by atoms with van der Waals surface area (Å²) in [5.41, 5.74) is 4.25. The Bertz CT molecular complexity index is 766. The summed E-state index contributed by atoms with van der Waals surface area (Å²) in [6.45, 7) is 11.5. The van der Waals surface area contributed by atoms with Gasteiger partial charge in [0.1, 0.15) is 0 Å². The molecule has 2 aliphatic heterocycles. The molecule has 4 nitrogen and oxygen atoms in total. The molecule has 0 spiro atoms. The molecule has 1 aromatic heterocycles. The maximum absolute atomic E-state index is 4.25. The molecule has 0 amide bonds. The molecule has 0 radical (unpaired) electrons. The highest BCUT2D eigenvalue weighted by Gasteiger charge is 2.25. The fraction of sp³-hybridized carbons (Fsp3) is 0.593. The molecule has 1 atom stereocenters. The maximum atomic E-state index is 4.25. The standard InChI is InChI=1S/C27H40N4/c1-22(2)17-23-7-9-24(10-8-23)19-31-14-4-6-27(21-31)29-26-11-15-30(16-12-26)20-25-5-3-13-28-18-25/h3,5,7-10,13,18,22,26-27,29H,4,6,11-12,14-17,19-21H2,1-2H3/t27-/m1/s1. The summed E-state index contributed by atoms with van der Waals surface area (Å²) in [4.78, 5) is 9.47. The van der Waals surface area contributed by atoms with E-state index in [9.17, 15) is 0 Å². The Balaban J connectivity index is 1.20. The topological polar surface area (TPSA) is 31.4 Å². The van der Waals surface area contributed by atoms with Gasteiger partial charge in [0, 0.05) is 44.1 Å². The average molecular weight is 421 g/mol. The number of rotatable bonds is 8. The van der Waals surface area contributed by atoms with E-state index in [0.717, 1.165) is 19.0 Å². The zero-order chi connectivity index (χ0) is 21.5. The van der Waals surface area contributed by atoms with E-state index in [1.54, 1.807) is 0 Å². The first kappa shape index (κ1) is 22.4. The van der Waals surface area contributed by atoms with Crippen LogP contribution in [0.2, 0.25) is 0 Å². The number of hydrogen-bond donors (Lipinski definition) is 1. The molecule has 1 N–H and O–H groups in total. The molecule has 0 aliphatic carbocycles. The second kappa shape index (κ2) is 11.2. The van der Waals surface area contributed by atoms with Crippen LogP contribution in [-0.2, 0) is 19.5 Å². The van der Waals surface area contributed by atoms with Gasteiger partial charge in [0.2, 0.25) is 0 Å². The van der Waals surface area contributed by atoms with Crippen LogP contribution in [0.5, 0.6) is 0 Å². The van der Waals surface area contributed by atoms with Gasteiger partial charge in [-0.25, -0.2) is 0 Å². The highest BCUT2D eigenvalue weighted by Crippen LogP contribution is 2.19. The highest BCUT2D eigenvalue weighted by molar-refractivity contribution is 5.23. The molecular formula is C27H40N4. The molecule has 168 valence electrons. The first-order valence-electron chi connectivity index (χ1n) is 12.3. The van der Waals surface area contributed by atoms with Gasteiger partial charge >= 0.3 is 0 Å². The van der Waals surface area contributed by atoms with Crippen molar-refractivity contribution in [2.45, 2.75) is 71.1 Å². The van der Waals surface area contributed by atoms with E-state index in [1.165, 1.54) is 75.0 Å². The van der Waals surface area contributed by atoms with Crippen LogP contribution in [-0.4, -0.2) is 53.0 Å². The van der Waals surface area contributed by atoms with Gasteiger partial charge in [-0.3, -0.25) is 14.8 Å². The Morgan fingerprint density at radius 1 is 0.871 bits per heavy atom. The van der Waals surface area contributed by atoms with Gasteiger partial charge < -0.3 is 5.32 Å². The van der Waals surface area contributed by atoms with E-state index < -0.39 is 0 Å². The lowest BCUT2D eigenvalue weighted by atomic mass is 9.99. The fourth-order valence-corrected chi connectivity index (χ4v) is 5.19. The molecular weight excluding hydrogens is 380 g/mol. The number of pyridine rings is 1. The molecule has 2 aliphatic rings. The van der Waals surface area contributed by atoms with Gasteiger partial charge in [0.25, 0.3) is 0 Å². The molecule has 1 aromatic carbocycles. The Kier molecular flexibility index (Phi) is 8.12. The summed E-state index contributed by atoms with van der Waals surface area (Å²) in [6, 6.07) is 14.9. The first-order valence-corrected chi connectivity index (χ1v) is 12.3. The van der Waals surface area contributed by atoms with Crippen LogP contribution in [0.15, 0.2) is 48.8 Å². The van der Waals surface area contributed by atoms with Gasteiger partial charge in [-0.05, 0) is 80.4 Å². The van der Waals surface area contributed by atoms with Gasteiger partial charge in [-0.15, -0.1) is 0 Å². The molecule has 31 heavy (non-hydrogen) atoms. The van der Waals surface area contributed by atoms with Crippen molar-refractivity contribution in [3.63, 3.8) is 0 Å². The largest absolute Gasteiger partial charge is 0.310 e. The van der Waals surface area contributed by atoms with E-state index in [0.29, 0.717) is 12.1 Å². The summed E-state index contributed by atoms with van der Waals surface area (Å²) in [5, 5.41) is 4.01. The van der Waals surface area contributed by atoms with Crippen molar-refractivity contribution < 1.29 is 0 Å². The summed E-state index contributed by atoms with van der Waals surface area (Å²) in [6.07, 6.45) is 10.2. The Morgan fingerprint density at radius 3 is 2.32 bits per heavy atom. The number of likely N-dealkylation sites (tertiary alicyclic amines) is 2. The fourth-order valence-electron chi connectivity index (χ4n) is 5.19. The third-order valence-electron chi connectivity index (χ3n) is 6.77. The lowest BCUT2D eigenvalue weighted by Crippen LogP contribution is -2.51. The molecule has 0 bridgehead atoms. The smallest absolute Gasteiger partial charge is 0.0312 e. The van der Waals surface area contributed by atoms with Crippen LogP contribution in [0.4, 0.5) is 0 Å². The zero-order valence-corrected chi connectivity index (χ0v) is 19.5. The van der Waals surface area contributed by atoms with Crippen molar-refractivity contribution in [3.8, 4) is 0 Å². The Hall–Kier alpha value is -1.75. The van der Waals surface area contributed by atoms with E-state index in [1.807, 2.05) is 18.5 Å². The van der Waals surface area contributed by atoms with Crippen molar-refractivity contribution in [2.24, 2.45) is 5.92 Å². The van der Waals surface area contributed by atoms with Crippen LogP contribution >= 0.6 is 0 Å². The van der Waals surface area contributed by atoms with Crippen molar-refractivity contribution >= 4 is 0 Å². The monoisotopic (exact) mass is 420 g/mol. The third kappa shape index (κ3) is 7.13. The third-order valence-corrected chi connectivity index (χ3v) is 6.77. The number of nitrogens with one attached hydrogen (secondary N) is 1. The lowest BCUT2D eigenvalue weighted by molar-refractivity contribution is 0.146. The van der Waals surface area contributed by atoms with Crippen molar-refractivity contribution in [1.29, 1.82) is 0 Å². The second-order valence-corrected chi connectivity index (χ2v) is 10.1. The summed E-state index contributed by atoms with van der Waals surface area (Å²) in [5.74, 6) is 0.724. The van der Waals surface area contributed by atoms with Crippen LogP contribution in [0.1, 0.15) is 56.2 Å². The number of hydrogen-bond acceptors (Lipinski definition) is 4. The normalized spacial score (nSPS) is 21.6. The number of piperidine rings is 2. The van der Waals surface area contributed by atoms with E-state index >= 15 is 0 Å². The quantitative estimate of drug-likeness (QED) is 0.681. The molecule has 2 saturated heterocycles. The molecule has 4 heteroatoms. The van der Waals surface area contributed by atoms with Crippen LogP contribution in [0, 0.1) is 5.92 Å². The SMILES string of the molecule is CC(C)Cc1ccc(CN2CCC[C@@H](NC3CCN(Cc4cccnc4)CC3)C2)cc1. The number of aromatic nitrogens is 1. The van der Waals surface area contributed by atoms with Crippen molar-refractivity contribution in [1.82, 2.24) is 20.1 Å². The van der Waals surface area contributed by atoms with Gasteiger partial charge in [-0.2, -0.15) is 0 Å². The van der Waals surface area contributed by atoms with Crippen molar-refractivity contribution in [2.75, 3.05) is 26.2 Å². The maximum Gasteiger partial charge on any atom is 0.0312 e. The highest BCUT2D eigenvalue weighted by atomic mass is 15.2. The molecule has 2 fully saturated rings. The predicted octanol–water partition coefficient (Wildman–Crippen LogP) is 4.50. The minimum absolute atomic E-state index is 0.642. The second-order valence-electron chi connectivity index (χ2n) is 10.1. The van der Waals surface area contributed by atoms with Crippen molar-refractivity contribution in [3.05, 3.63) is 65.5 Å². The van der Waals surface area contributed by atoms with Crippen LogP contribution in [0.3, 0.4) is 0 Å². The van der Waals surface area contributed by atoms with Crippen LogP contribution < -0.4 is 5.32 Å². The summed E-state index contributed by atoms with van der Waals surface area (Å²) >= 11 is 0. The molecule has 0 saturated carbocycles. The van der Waals surface area contributed by atoms with Gasteiger partial charge in [0.05, 0.1) is 0 Å². The van der Waals surface area contributed by atoms with Gasteiger partial charge in [-0.1, -0.05) is 44.2 Å². The van der Waals surface area contributed by atoms with Gasteiger partial charge in [0.15, 0.2) is 0 Å². The molecule has 0 unspecified atom stereocenters. The molecule has 4 rings (SSSR count). The lowest BCUT2D eigenvalue weighted by Gasteiger charge is -2.38. The van der Waals surface area contributed by atoms with E-state index in [2.05, 4.69) is 64.3 Å². The number of nitrogens with zero attached hydrogens (tertiary/aromatic N) is 3. The summed E-state index contributed by atoms with van der Waals surface area (Å²) < 4.78 is 0. The zero-order valence-electron chi connectivity index (χ0n) is 19.5. The first-order chi connectivity index (χ1) is 15.1. The summed E-state index contributed by atoms with van der Waals surface area (Å²) in [7, 11) is 0. The average Bonchev–Trinajstić information content (AvgIpc) is 2.77. The van der Waals surface area contributed by atoms with Crippen LogP contribution in [0.25, 0.3) is 0 Å². The minimum Gasteiger partial charge on any atom is -0.310 e. The van der Waals surface area contributed by atoms with E-state index in [4.69, 9.17) is 0 Å².